The predicted molar refractivity (Wildman–Crippen MR) is 114 cm³/mol. The first kappa shape index (κ1) is 22.9. The van der Waals surface area contributed by atoms with Crippen molar-refractivity contribution in [1.29, 1.82) is 0 Å². The van der Waals surface area contributed by atoms with Crippen molar-refractivity contribution in [2.75, 3.05) is 25.6 Å². The molecule has 29 heavy (non-hydrogen) atoms. The molecule has 0 unspecified atom stereocenters. The molecule has 1 aromatic heterocycles. The summed E-state index contributed by atoms with van der Waals surface area (Å²) in [5, 5.41) is 2.94. The smallest absolute Gasteiger partial charge is 0.348 e. The van der Waals surface area contributed by atoms with E-state index in [2.05, 4.69) is 21.2 Å². The number of esters is 2. The van der Waals surface area contributed by atoms with Crippen LogP contribution in [0.4, 0.5) is 5.00 Å². The Kier molecular flexibility index (Phi) is 7.80. The Morgan fingerprint density at radius 1 is 1.07 bits per heavy atom. The average Bonchev–Trinajstić information content (AvgIpc) is 2.97. The Morgan fingerprint density at radius 2 is 1.69 bits per heavy atom. The van der Waals surface area contributed by atoms with Crippen molar-refractivity contribution in [1.82, 2.24) is 0 Å². The maximum absolute atomic E-state index is 13.0. The lowest BCUT2D eigenvalue weighted by Crippen LogP contribution is -2.16. The van der Waals surface area contributed by atoms with Gasteiger partial charge in [0.25, 0.3) is 5.91 Å². The number of aryl methyl sites for hydroxylation is 1. The Bertz CT molecular complexity index is 953. The topological polar surface area (TPSA) is 90.9 Å². The Labute approximate surface area is 181 Å². The molecule has 0 aliphatic heterocycles. The second-order valence-corrected chi connectivity index (χ2v) is 7.90. The minimum atomic E-state index is -0.621. The van der Waals surface area contributed by atoms with Gasteiger partial charge < -0.3 is 19.5 Å². The number of nitrogens with one attached hydrogen (secondary N) is 1. The van der Waals surface area contributed by atoms with Crippen LogP contribution in [-0.4, -0.2) is 38.2 Å². The van der Waals surface area contributed by atoms with Gasteiger partial charge in [0, 0.05) is 4.47 Å². The van der Waals surface area contributed by atoms with Gasteiger partial charge in [0.15, 0.2) is 0 Å². The number of hydrogen-bond acceptors (Lipinski definition) is 7. The van der Waals surface area contributed by atoms with Gasteiger partial charge in [-0.3, -0.25) is 4.79 Å². The van der Waals surface area contributed by atoms with E-state index in [4.69, 9.17) is 14.2 Å². The van der Waals surface area contributed by atoms with Crippen LogP contribution in [-0.2, 0) is 9.47 Å². The zero-order valence-corrected chi connectivity index (χ0v) is 19.2. The number of carbonyl (C=O) groups excluding carboxylic acids is 3. The molecule has 1 amide bonds. The summed E-state index contributed by atoms with van der Waals surface area (Å²) in [5.74, 6) is -1.24. The van der Waals surface area contributed by atoms with Crippen molar-refractivity contribution in [3.05, 3.63) is 43.7 Å². The fraction of sp³-hybridized carbons (Fsp3) is 0.350. The average molecular weight is 484 g/mol. The molecule has 1 aromatic carbocycles. The number of benzene rings is 1. The molecule has 0 spiro atoms. The van der Waals surface area contributed by atoms with Gasteiger partial charge in [0.1, 0.15) is 15.6 Å². The van der Waals surface area contributed by atoms with Crippen molar-refractivity contribution in [3.63, 3.8) is 0 Å². The second kappa shape index (κ2) is 9.89. The summed E-state index contributed by atoms with van der Waals surface area (Å²) >= 11 is 4.35. The van der Waals surface area contributed by atoms with E-state index in [0.717, 1.165) is 16.9 Å². The van der Waals surface area contributed by atoms with Gasteiger partial charge in [0.2, 0.25) is 0 Å². The van der Waals surface area contributed by atoms with Crippen LogP contribution in [0.3, 0.4) is 0 Å². The summed E-state index contributed by atoms with van der Waals surface area (Å²) in [5.41, 5.74) is 1.60. The van der Waals surface area contributed by atoms with Crippen LogP contribution >= 0.6 is 27.3 Å². The number of anilines is 1. The molecule has 1 N–H and O–H groups in total. The van der Waals surface area contributed by atoms with Gasteiger partial charge in [-0.1, -0.05) is 15.9 Å². The molecule has 0 saturated carbocycles. The van der Waals surface area contributed by atoms with Gasteiger partial charge >= 0.3 is 11.9 Å². The number of hydrogen-bond donors (Lipinski definition) is 1. The first-order valence-electron chi connectivity index (χ1n) is 8.88. The van der Waals surface area contributed by atoms with Gasteiger partial charge in [-0.05, 0) is 51.0 Å². The number of amides is 1. The number of ether oxygens (including phenoxy) is 3. The van der Waals surface area contributed by atoms with E-state index in [0.29, 0.717) is 15.8 Å². The summed E-state index contributed by atoms with van der Waals surface area (Å²) in [4.78, 5) is 37.9. The second-order valence-electron chi connectivity index (χ2n) is 5.96. The fourth-order valence-electron chi connectivity index (χ4n) is 2.78. The molecular weight excluding hydrogens is 462 g/mol. The van der Waals surface area contributed by atoms with Crippen LogP contribution in [0.25, 0.3) is 0 Å². The van der Waals surface area contributed by atoms with Crippen molar-refractivity contribution in [2.24, 2.45) is 0 Å². The van der Waals surface area contributed by atoms with Crippen molar-refractivity contribution in [3.8, 4) is 5.75 Å². The molecule has 0 bridgehead atoms. The van der Waals surface area contributed by atoms with E-state index < -0.39 is 17.8 Å². The molecule has 0 aliphatic rings. The third kappa shape index (κ3) is 4.97. The third-order valence-electron chi connectivity index (χ3n) is 4.00. The minimum Gasteiger partial charge on any atom is -0.496 e. The molecule has 156 valence electrons. The summed E-state index contributed by atoms with van der Waals surface area (Å²) in [6.07, 6.45) is 0. The van der Waals surface area contributed by atoms with Crippen LogP contribution < -0.4 is 10.1 Å². The van der Waals surface area contributed by atoms with Crippen LogP contribution in [0.2, 0.25) is 0 Å². The Balaban J connectivity index is 2.51. The predicted octanol–water partition coefficient (Wildman–Crippen LogP) is 4.74. The Morgan fingerprint density at radius 3 is 2.28 bits per heavy atom. The molecule has 0 fully saturated rings. The van der Waals surface area contributed by atoms with Gasteiger partial charge in [-0.25, -0.2) is 9.59 Å². The molecule has 7 nitrogen and oxygen atoms in total. The molecule has 0 saturated heterocycles. The number of methoxy groups -OCH3 is 1. The highest BCUT2D eigenvalue weighted by Crippen LogP contribution is 2.36. The molecule has 0 radical (unpaired) electrons. The summed E-state index contributed by atoms with van der Waals surface area (Å²) < 4.78 is 16.2. The van der Waals surface area contributed by atoms with Gasteiger partial charge in [-0.15, -0.1) is 11.3 Å². The number of thiophene rings is 1. The van der Waals surface area contributed by atoms with Crippen LogP contribution in [0, 0.1) is 13.8 Å². The van der Waals surface area contributed by atoms with Crippen LogP contribution in [0.5, 0.6) is 5.75 Å². The molecule has 9 heteroatoms. The van der Waals surface area contributed by atoms with E-state index in [1.807, 2.05) is 13.0 Å². The molecular formula is C20H22BrNO6S. The molecule has 1 heterocycles. The standard InChI is InChI=1S/C20H22BrNO6S/c1-6-27-19(24)14-11(4)16(20(25)28-7-2)29-18(14)22-17(23)13-9-12(21)8-10(3)15(13)26-5/h8-9H,6-7H2,1-5H3,(H,22,23). The lowest BCUT2D eigenvalue weighted by Gasteiger charge is -2.12. The highest BCUT2D eigenvalue weighted by Gasteiger charge is 2.28. The van der Waals surface area contributed by atoms with Crippen LogP contribution in [0.15, 0.2) is 16.6 Å². The summed E-state index contributed by atoms with van der Waals surface area (Å²) in [6.45, 7) is 7.17. The van der Waals surface area contributed by atoms with Gasteiger partial charge in [0.05, 0.1) is 31.5 Å². The molecule has 2 rings (SSSR count). The lowest BCUT2D eigenvalue weighted by atomic mass is 10.1. The Hall–Kier alpha value is -2.39. The number of rotatable bonds is 7. The molecule has 0 atom stereocenters. The highest BCUT2D eigenvalue weighted by atomic mass is 79.9. The summed E-state index contributed by atoms with van der Waals surface area (Å²) in [6, 6.07) is 3.45. The van der Waals surface area contributed by atoms with Crippen molar-refractivity contribution >= 4 is 50.1 Å². The van der Waals surface area contributed by atoms with E-state index in [9.17, 15) is 14.4 Å². The van der Waals surface area contributed by atoms with Gasteiger partial charge in [-0.2, -0.15) is 0 Å². The number of carbonyl (C=O) groups is 3. The SMILES string of the molecule is CCOC(=O)c1sc(NC(=O)c2cc(Br)cc(C)c2OC)c(C(=O)OCC)c1C. The normalized spacial score (nSPS) is 10.4. The largest absolute Gasteiger partial charge is 0.496 e. The van der Waals surface area contributed by atoms with E-state index in [1.54, 1.807) is 26.8 Å². The maximum Gasteiger partial charge on any atom is 0.348 e. The molecule has 2 aromatic rings. The third-order valence-corrected chi connectivity index (χ3v) is 5.65. The maximum atomic E-state index is 13.0. The van der Waals surface area contributed by atoms with E-state index in [-0.39, 0.29) is 34.2 Å². The van der Waals surface area contributed by atoms with E-state index in [1.165, 1.54) is 7.11 Å². The quantitative estimate of drug-likeness (QED) is 0.571. The zero-order chi connectivity index (χ0) is 21.7. The summed E-state index contributed by atoms with van der Waals surface area (Å²) in [7, 11) is 1.48. The minimum absolute atomic E-state index is 0.138. The monoisotopic (exact) mass is 483 g/mol. The van der Waals surface area contributed by atoms with Crippen molar-refractivity contribution < 1.29 is 28.6 Å². The first-order valence-corrected chi connectivity index (χ1v) is 10.5. The van der Waals surface area contributed by atoms with Crippen molar-refractivity contribution in [2.45, 2.75) is 27.7 Å². The highest BCUT2D eigenvalue weighted by molar-refractivity contribution is 9.10. The lowest BCUT2D eigenvalue weighted by molar-refractivity contribution is 0.0527. The number of halogens is 1. The van der Waals surface area contributed by atoms with Crippen LogP contribution in [0.1, 0.15) is 55.4 Å². The van der Waals surface area contributed by atoms with E-state index >= 15 is 0 Å². The fourth-order valence-corrected chi connectivity index (χ4v) is 4.44. The first-order chi connectivity index (χ1) is 13.7. The zero-order valence-electron chi connectivity index (χ0n) is 16.8. The molecule has 0 aliphatic carbocycles.